The first-order chi connectivity index (χ1) is 12.8. The lowest BCUT2D eigenvalue weighted by atomic mass is 10.2. The summed E-state index contributed by atoms with van der Waals surface area (Å²) in [6.45, 7) is 1.95. The van der Waals surface area contributed by atoms with E-state index in [4.69, 9.17) is 9.47 Å². The van der Waals surface area contributed by atoms with Crippen LogP contribution in [0.3, 0.4) is 0 Å². The van der Waals surface area contributed by atoms with Crippen molar-refractivity contribution in [3.63, 3.8) is 0 Å². The van der Waals surface area contributed by atoms with Gasteiger partial charge < -0.3 is 14.8 Å². The van der Waals surface area contributed by atoms with Crippen molar-refractivity contribution >= 4 is 27.6 Å². The van der Waals surface area contributed by atoms with Crippen LogP contribution in [0.25, 0.3) is 0 Å². The highest BCUT2D eigenvalue weighted by Crippen LogP contribution is 2.24. The van der Waals surface area contributed by atoms with E-state index in [-0.39, 0.29) is 28.5 Å². The number of hydrogen-bond donors (Lipinski definition) is 2. The monoisotopic (exact) mass is 392 g/mol. The molecule has 0 aromatic heterocycles. The van der Waals surface area contributed by atoms with Crippen molar-refractivity contribution in [2.45, 2.75) is 11.8 Å². The fourth-order valence-corrected chi connectivity index (χ4v) is 3.35. The van der Waals surface area contributed by atoms with Crippen LogP contribution in [0.1, 0.15) is 27.6 Å². The van der Waals surface area contributed by atoms with Crippen LogP contribution in [0.2, 0.25) is 0 Å². The van der Waals surface area contributed by atoms with E-state index in [1.807, 2.05) is 0 Å². The van der Waals surface area contributed by atoms with Gasteiger partial charge in [0.25, 0.3) is 15.9 Å². The Labute approximate surface area is 157 Å². The Morgan fingerprint density at radius 2 is 1.74 bits per heavy atom. The predicted octanol–water partition coefficient (Wildman–Crippen LogP) is 2.03. The van der Waals surface area contributed by atoms with Crippen LogP contribution in [0.15, 0.2) is 47.4 Å². The summed E-state index contributed by atoms with van der Waals surface area (Å²) in [4.78, 5) is 23.5. The molecule has 0 aliphatic rings. The minimum Gasteiger partial charge on any atom is -0.496 e. The molecule has 8 nitrogen and oxygen atoms in total. The van der Waals surface area contributed by atoms with Gasteiger partial charge in [0.15, 0.2) is 0 Å². The quantitative estimate of drug-likeness (QED) is 0.698. The normalized spacial score (nSPS) is 10.8. The average molecular weight is 392 g/mol. The van der Waals surface area contributed by atoms with Gasteiger partial charge in [-0.15, -0.1) is 0 Å². The molecule has 2 rings (SSSR count). The van der Waals surface area contributed by atoms with Crippen LogP contribution in [0.5, 0.6) is 5.75 Å². The highest BCUT2D eigenvalue weighted by molar-refractivity contribution is 7.92. The fourth-order valence-electron chi connectivity index (χ4n) is 2.27. The van der Waals surface area contributed by atoms with Gasteiger partial charge in [-0.25, -0.2) is 13.2 Å². The van der Waals surface area contributed by atoms with Crippen molar-refractivity contribution in [2.75, 3.05) is 25.5 Å². The smallest absolute Gasteiger partial charge is 0.338 e. The molecule has 2 aromatic rings. The molecular formula is C18H20N2O6S. The molecule has 0 unspecified atom stereocenters. The van der Waals surface area contributed by atoms with Crippen molar-refractivity contribution in [2.24, 2.45) is 0 Å². The van der Waals surface area contributed by atoms with Gasteiger partial charge in [0.05, 0.1) is 29.7 Å². The molecular weight excluding hydrogens is 372 g/mol. The molecule has 0 spiro atoms. The van der Waals surface area contributed by atoms with Gasteiger partial charge in [-0.3, -0.25) is 9.52 Å². The van der Waals surface area contributed by atoms with Crippen LogP contribution in [0.4, 0.5) is 5.69 Å². The molecule has 2 N–H and O–H groups in total. The zero-order chi connectivity index (χ0) is 20.0. The van der Waals surface area contributed by atoms with Crippen LogP contribution in [-0.4, -0.2) is 41.1 Å². The number of anilines is 1. The summed E-state index contributed by atoms with van der Waals surface area (Å²) < 4.78 is 37.6. The Morgan fingerprint density at radius 1 is 1.07 bits per heavy atom. The van der Waals surface area contributed by atoms with Gasteiger partial charge in [0, 0.05) is 12.7 Å². The second-order valence-electron chi connectivity index (χ2n) is 5.34. The minimum absolute atomic E-state index is 0.0977. The van der Waals surface area contributed by atoms with E-state index < -0.39 is 21.9 Å². The molecule has 1 amide bonds. The number of amides is 1. The molecule has 0 aliphatic heterocycles. The van der Waals surface area contributed by atoms with Crippen LogP contribution < -0.4 is 14.8 Å². The number of benzene rings is 2. The zero-order valence-corrected chi connectivity index (χ0v) is 15.9. The van der Waals surface area contributed by atoms with Crippen LogP contribution in [-0.2, 0) is 14.8 Å². The number of methoxy groups -OCH3 is 1. The van der Waals surface area contributed by atoms with Gasteiger partial charge in [0.1, 0.15) is 5.75 Å². The maximum absolute atomic E-state index is 12.6. The van der Waals surface area contributed by atoms with Gasteiger partial charge >= 0.3 is 5.97 Å². The Bertz CT molecular complexity index is 939. The van der Waals surface area contributed by atoms with E-state index in [0.717, 1.165) is 0 Å². The molecule has 0 saturated heterocycles. The number of carbonyl (C=O) groups is 2. The van der Waals surface area contributed by atoms with Crippen molar-refractivity contribution < 1.29 is 27.5 Å². The summed E-state index contributed by atoms with van der Waals surface area (Å²) in [6.07, 6.45) is 0. The Balaban J connectivity index is 2.28. The van der Waals surface area contributed by atoms with Gasteiger partial charge in [-0.1, -0.05) is 0 Å². The molecule has 0 heterocycles. The number of hydrogen-bond acceptors (Lipinski definition) is 6. The maximum Gasteiger partial charge on any atom is 0.338 e. The fraction of sp³-hybridized carbons (Fsp3) is 0.222. The first-order valence-electron chi connectivity index (χ1n) is 8.02. The molecule has 9 heteroatoms. The van der Waals surface area contributed by atoms with Crippen LogP contribution >= 0.6 is 0 Å². The summed E-state index contributed by atoms with van der Waals surface area (Å²) in [5, 5.41) is 2.43. The van der Waals surface area contributed by atoms with E-state index in [9.17, 15) is 18.0 Å². The second kappa shape index (κ2) is 8.54. The zero-order valence-electron chi connectivity index (χ0n) is 15.1. The molecule has 27 heavy (non-hydrogen) atoms. The van der Waals surface area contributed by atoms with Gasteiger partial charge in [-0.05, 0) is 49.4 Å². The molecule has 144 valence electrons. The number of esters is 1. The first-order valence-corrected chi connectivity index (χ1v) is 9.50. The van der Waals surface area contributed by atoms with E-state index in [2.05, 4.69) is 10.0 Å². The largest absolute Gasteiger partial charge is 0.496 e. The van der Waals surface area contributed by atoms with Crippen molar-refractivity contribution in [1.29, 1.82) is 0 Å². The molecule has 0 atom stereocenters. The highest BCUT2D eigenvalue weighted by atomic mass is 32.2. The van der Waals surface area contributed by atoms with Gasteiger partial charge in [0.2, 0.25) is 0 Å². The first kappa shape index (κ1) is 20.2. The lowest BCUT2D eigenvalue weighted by Gasteiger charge is -2.12. The molecule has 2 aromatic carbocycles. The molecule has 0 radical (unpaired) electrons. The van der Waals surface area contributed by atoms with E-state index in [1.165, 1.54) is 56.6 Å². The summed E-state index contributed by atoms with van der Waals surface area (Å²) in [6, 6.07) is 9.79. The number of carbonyl (C=O) groups excluding carboxylic acids is 2. The molecule has 0 saturated carbocycles. The number of ether oxygens (including phenoxy) is 2. The van der Waals surface area contributed by atoms with E-state index >= 15 is 0 Å². The highest BCUT2D eigenvalue weighted by Gasteiger charge is 2.19. The molecule has 0 aliphatic carbocycles. The summed E-state index contributed by atoms with van der Waals surface area (Å²) in [5.74, 6) is -0.702. The Hall–Kier alpha value is -3.07. The van der Waals surface area contributed by atoms with Crippen LogP contribution in [0, 0.1) is 0 Å². The predicted molar refractivity (Wildman–Crippen MR) is 99.6 cm³/mol. The van der Waals surface area contributed by atoms with Crippen molar-refractivity contribution in [3.05, 3.63) is 53.6 Å². The minimum atomic E-state index is -3.95. The van der Waals surface area contributed by atoms with E-state index in [0.29, 0.717) is 5.56 Å². The van der Waals surface area contributed by atoms with Crippen molar-refractivity contribution in [3.8, 4) is 5.75 Å². The maximum atomic E-state index is 12.6. The summed E-state index contributed by atoms with van der Waals surface area (Å²) in [5.41, 5.74) is 0.673. The summed E-state index contributed by atoms with van der Waals surface area (Å²) >= 11 is 0. The van der Waals surface area contributed by atoms with Gasteiger partial charge in [-0.2, -0.15) is 0 Å². The van der Waals surface area contributed by atoms with Crippen molar-refractivity contribution in [1.82, 2.24) is 5.32 Å². The Kier molecular flexibility index (Phi) is 6.40. The van der Waals surface area contributed by atoms with E-state index in [1.54, 1.807) is 6.92 Å². The molecule has 0 fully saturated rings. The molecule has 0 bridgehead atoms. The topological polar surface area (TPSA) is 111 Å². The number of sulfonamides is 1. The third-order valence-corrected chi connectivity index (χ3v) is 4.98. The standard InChI is InChI=1S/C18H20N2O6S/c1-4-26-18(22)12-5-7-13(8-6-12)20-27(23,24)14-9-10-16(25-3)15(11-14)17(21)19-2/h5-11,20H,4H2,1-3H3,(H,19,21). The third kappa shape index (κ3) is 4.76. The lowest BCUT2D eigenvalue weighted by Crippen LogP contribution is -2.20. The lowest BCUT2D eigenvalue weighted by molar-refractivity contribution is 0.0526. The SMILES string of the molecule is CCOC(=O)c1ccc(NS(=O)(=O)c2ccc(OC)c(C(=O)NC)c2)cc1. The second-order valence-corrected chi connectivity index (χ2v) is 7.03. The Morgan fingerprint density at radius 3 is 2.30 bits per heavy atom. The third-order valence-electron chi connectivity index (χ3n) is 3.60. The number of nitrogens with one attached hydrogen (secondary N) is 2. The number of rotatable bonds is 7. The average Bonchev–Trinajstić information content (AvgIpc) is 2.67. The summed E-state index contributed by atoms with van der Waals surface area (Å²) in [7, 11) is -1.12.